The molecular weight excluding hydrogens is 490 g/mol. The van der Waals surface area contributed by atoms with Crippen molar-refractivity contribution in [2.45, 2.75) is 45.1 Å². The molecule has 0 saturated heterocycles. The van der Waals surface area contributed by atoms with Gasteiger partial charge in [-0.25, -0.2) is 14.2 Å². The fourth-order valence-corrected chi connectivity index (χ4v) is 5.16. The number of fused-ring (bicyclic) bond motifs is 1. The van der Waals surface area contributed by atoms with Gasteiger partial charge < -0.3 is 14.4 Å². The standard InChI is InChI=1S/C26H26F2N2O5S/c1-15(2)16-5-3-6-17(11-16)18-9-10-23(29-13-18)30(36(33)34)22-8-4-7-19-20(22)12-21(27)25(28)26(19)35-14-24(31)32/h3,5-6,9-13,15,22H,4,7-8,14H2,1-2H3,(H,31,32)(H,33,34)/p-1. The molecule has 1 aliphatic rings. The average Bonchev–Trinajstić information content (AvgIpc) is 2.85. The van der Waals surface area contributed by atoms with Gasteiger partial charge in [0.05, 0.1) is 6.04 Å². The van der Waals surface area contributed by atoms with Gasteiger partial charge in [-0.1, -0.05) is 38.1 Å². The molecule has 0 fully saturated rings. The molecular formula is C26H25F2N2O5S-. The molecule has 7 nitrogen and oxygen atoms in total. The third-order valence-corrected chi connectivity index (χ3v) is 6.98. The predicted octanol–water partition coefficient (Wildman–Crippen LogP) is 5.29. The van der Waals surface area contributed by atoms with E-state index in [2.05, 4.69) is 24.9 Å². The van der Waals surface area contributed by atoms with Crippen LogP contribution in [0.4, 0.5) is 14.6 Å². The van der Waals surface area contributed by atoms with Gasteiger partial charge in [0.2, 0.25) is 5.82 Å². The zero-order valence-electron chi connectivity index (χ0n) is 19.7. The number of hydrogen-bond acceptors (Lipinski definition) is 5. The minimum atomic E-state index is -2.78. The van der Waals surface area contributed by atoms with Gasteiger partial charge >= 0.3 is 5.97 Å². The fraction of sp³-hybridized carbons (Fsp3) is 0.308. The fourth-order valence-electron chi connectivity index (χ4n) is 4.47. The average molecular weight is 516 g/mol. The maximum Gasteiger partial charge on any atom is 0.341 e. The zero-order valence-corrected chi connectivity index (χ0v) is 20.6. The maximum absolute atomic E-state index is 14.5. The molecule has 190 valence electrons. The first-order valence-electron chi connectivity index (χ1n) is 11.5. The van der Waals surface area contributed by atoms with E-state index < -0.39 is 47.3 Å². The lowest BCUT2D eigenvalue weighted by atomic mass is 9.86. The van der Waals surface area contributed by atoms with E-state index >= 15 is 0 Å². The number of halogens is 2. The van der Waals surface area contributed by atoms with Gasteiger partial charge in [-0.2, -0.15) is 4.39 Å². The smallest absolute Gasteiger partial charge is 0.341 e. The molecule has 2 atom stereocenters. The number of ether oxygens (including phenoxy) is 1. The Labute approximate surface area is 210 Å². The van der Waals surface area contributed by atoms with Crippen molar-refractivity contribution in [1.29, 1.82) is 0 Å². The number of nitrogens with zero attached hydrogens (tertiary/aromatic N) is 2. The molecule has 1 aromatic heterocycles. The quantitative estimate of drug-likeness (QED) is 0.409. The first-order chi connectivity index (χ1) is 17.2. The second-order valence-electron chi connectivity index (χ2n) is 8.89. The number of anilines is 1. The van der Waals surface area contributed by atoms with Crippen molar-refractivity contribution >= 4 is 23.1 Å². The van der Waals surface area contributed by atoms with Crippen molar-refractivity contribution in [3.8, 4) is 16.9 Å². The van der Waals surface area contributed by atoms with Crippen LogP contribution in [0.3, 0.4) is 0 Å². The first kappa shape index (κ1) is 25.7. The lowest BCUT2D eigenvalue weighted by Gasteiger charge is -2.37. The van der Waals surface area contributed by atoms with Gasteiger partial charge in [0.15, 0.2) is 18.2 Å². The molecule has 10 heteroatoms. The van der Waals surface area contributed by atoms with Crippen LogP contribution in [0.1, 0.15) is 55.3 Å². The second kappa shape index (κ2) is 10.7. The number of benzene rings is 2. The Morgan fingerprint density at radius 1 is 1.25 bits per heavy atom. The van der Waals surface area contributed by atoms with Gasteiger partial charge in [0.25, 0.3) is 0 Å². The molecule has 1 aliphatic carbocycles. The number of aromatic nitrogens is 1. The summed E-state index contributed by atoms with van der Waals surface area (Å²) in [6.07, 6.45) is 2.66. The van der Waals surface area contributed by atoms with Crippen LogP contribution in [-0.2, 0) is 22.5 Å². The highest BCUT2D eigenvalue weighted by atomic mass is 32.2. The van der Waals surface area contributed by atoms with Crippen molar-refractivity contribution in [2.24, 2.45) is 0 Å². The topological polar surface area (TPSA) is 103 Å². The normalized spacial score (nSPS) is 15.9. The molecule has 0 aliphatic heterocycles. The summed E-state index contributed by atoms with van der Waals surface area (Å²) in [4.78, 5) is 15.3. The van der Waals surface area contributed by atoms with Crippen molar-refractivity contribution < 1.29 is 32.2 Å². The van der Waals surface area contributed by atoms with E-state index in [4.69, 9.17) is 9.84 Å². The summed E-state index contributed by atoms with van der Waals surface area (Å²) in [6.45, 7) is 3.34. The van der Waals surface area contributed by atoms with Crippen LogP contribution < -0.4 is 9.04 Å². The van der Waals surface area contributed by atoms with E-state index in [-0.39, 0.29) is 23.4 Å². The highest BCUT2D eigenvalue weighted by Crippen LogP contribution is 2.42. The van der Waals surface area contributed by atoms with Gasteiger partial charge in [-0.15, -0.1) is 0 Å². The lowest BCUT2D eigenvalue weighted by molar-refractivity contribution is -0.139. The van der Waals surface area contributed by atoms with Gasteiger partial charge in [0.1, 0.15) is 5.82 Å². The Balaban J connectivity index is 1.71. The summed E-state index contributed by atoms with van der Waals surface area (Å²) in [5.41, 5.74) is 3.38. The molecule has 0 bridgehead atoms. The Bertz CT molecular complexity index is 1300. The SMILES string of the molecule is CC(C)c1cccc(-c2ccc(N(C3CCCc4c3cc(F)c(F)c4OCC(=O)O)S(=O)[O-])nc2)c1. The monoisotopic (exact) mass is 515 g/mol. The summed E-state index contributed by atoms with van der Waals surface area (Å²) < 4.78 is 59.7. The van der Waals surface area contributed by atoms with Crippen LogP contribution >= 0.6 is 0 Å². The van der Waals surface area contributed by atoms with Crippen molar-refractivity contribution in [3.63, 3.8) is 0 Å². The van der Waals surface area contributed by atoms with Crippen molar-refractivity contribution in [2.75, 3.05) is 10.9 Å². The number of carbonyl (C=O) groups is 1. The third kappa shape index (κ3) is 5.24. The van der Waals surface area contributed by atoms with E-state index in [0.29, 0.717) is 18.8 Å². The summed E-state index contributed by atoms with van der Waals surface area (Å²) in [6, 6.07) is 11.4. The van der Waals surface area contributed by atoms with Crippen LogP contribution in [0, 0.1) is 11.6 Å². The summed E-state index contributed by atoms with van der Waals surface area (Å²) in [5.74, 6) is -3.91. The number of rotatable bonds is 8. The van der Waals surface area contributed by atoms with Gasteiger partial charge in [-0.05, 0) is 60.1 Å². The first-order valence-corrected chi connectivity index (χ1v) is 12.5. The maximum atomic E-state index is 14.5. The number of aliphatic carboxylic acids is 1. The molecule has 0 saturated carbocycles. The molecule has 2 aromatic carbocycles. The molecule has 0 spiro atoms. The van der Waals surface area contributed by atoms with E-state index in [1.807, 2.05) is 18.2 Å². The minimum absolute atomic E-state index is 0.127. The van der Waals surface area contributed by atoms with E-state index in [1.54, 1.807) is 18.3 Å². The molecule has 1 N–H and O–H groups in total. The number of hydrogen-bond donors (Lipinski definition) is 1. The molecule has 2 unspecified atom stereocenters. The summed E-state index contributed by atoms with van der Waals surface area (Å²) in [5, 5.41) is 8.91. The number of carboxylic acid groups (broad SMARTS) is 1. The minimum Gasteiger partial charge on any atom is -0.755 e. The summed E-state index contributed by atoms with van der Waals surface area (Å²) in [7, 11) is 0. The largest absolute Gasteiger partial charge is 0.755 e. The molecule has 0 radical (unpaired) electrons. The van der Waals surface area contributed by atoms with Crippen molar-refractivity contribution in [3.05, 3.63) is 77.0 Å². The molecule has 1 heterocycles. The van der Waals surface area contributed by atoms with Crippen LogP contribution in [0.25, 0.3) is 11.1 Å². The Hall–Kier alpha value is -3.37. The number of pyridine rings is 1. The van der Waals surface area contributed by atoms with E-state index in [1.165, 1.54) is 0 Å². The van der Waals surface area contributed by atoms with E-state index in [0.717, 1.165) is 27.1 Å². The van der Waals surface area contributed by atoms with Gasteiger partial charge in [-0.3, -0.25) is 8.51 Å². The van der Waals surface area contributed by atoms with Crippen molar-refractivity contribution in [1.82, 2.24) is 4.98 Å². The van der Waals surface area contributed by atoms with Crippen LogP contribution in [0.15, 0.2) is 48.7 Å². The van der Waals surface area contributed by atoms with Crippen LogP contribution in [0.5, 0.6) is 5.75 Å². The number of carboxylic acids is 1. The lowest BCUT2D eigenvalue weighted by Crippen LogP contribution is -2.34. The van der Waals surface area contributed by atoms with Gasteiger partial charge in [0, 0.05) is 28.6 Å². The third-order valence-electron chi connectivity index (χ3n) is 6.22. The molecule has 4 rings (SSSR count). The molecule has 36 heavy (non-hydrogen) atoms. The van der Waals surface area contributed by atoms with E-state index in [9.17, 15) is 22.3 Å². The Morgan fingerprint density at radius 3 is 2.67 bits per heavy atom. The highest BCUT2D eigenvalue weighted by Gasteiger charge is 2.33. The highest BCUT2D eigenvalue weighted by molar-refractivity contribution is 7.80. The Morgan fingerprint density at radius 2 is 2.03 bits per heavy atom. The summed E-state index contributed by atoms with van der Waals surface area (Å²) >= 11 is -2.78. The zero-order chi connectivity index (χ0) is 26.0. The molecule has 3 aromatic rings. The van der Waals surface area contributed by atoms with Crippen LogP contribution in [0.2, 0.25) is 0 Å². The Kier molecular flexibility index (Phi) is 7.65. The second-order valence-corrected chi connectivity index (χ2v) is 9.72. The predicted molar refractivity (Wildman–Crippen MR) is 130 cm³/mol. The molecule has 0 amide bonds. The van der Waals surface area contributed by atoms with Crippen LogP contribution in [-0.4, -0.2) is 31.4 Å².